The van der Waals surface area contributed by atoms with Gasteiger partial charge in [0.1, 0.15) is 16.9 Å². The molecule has 1 saturated heterocycles. The summed E-state index contributed by atoms with van der Waals surface area (Å²) in [5, 5.41) is 2.87. The molecule has 1 aliphatic carbocycles. The molecule has 4 aromatic rings. The number of aryl methyl sites for hydroxylation is 1. The highest BCUT2D eigenvalue weighted by Gasteiger charge is 2.32. The minimum Gasteiger partial charge on any atom is -0.352 e. The number of piperazine rings is 1. The molecule has 11 nitrogen and oxygen atoms in total. The van der Waals surface area contributed by atoms with Gasteiger partial charge in [-0.1, -0.05) is 22.0 Å². The van der Waals surface area contributed by atoms with Crippen LogP contribution in [0.5, 0.6) is 0 Å². The Labute approximate surface area is 248 Å². The van der Waals surface area contributed by atoms with Crippen LogP contribution in [0, 0.1) is 5.82 Å². The number of hydrogen-bond donors (Lipinski definition) is 1. The van der Waals surface area contributed by atoms with Gasteiger partial charge < -0.3 is 10.2 Å². The number of nitrogens with one attached hydrogen (secondary N) is 1. The second-order valence-electron chi connectivity index (χ2n) is 10.6. The number of halogens is 2. The van der Waals surface area contributed by atoms with E-state index >= 15 is 0 Å². The number of sulfonamides is 1. The lowest BCUT2D eigenvalue weighted by atomic mass is 10.2. The van der Waals surface area contributed by atoms with Gasteiger partial charge in [-0.15, -0.1) is 0 Å². The molecule has 2 aromatic heterocycles. The minimum atomic E-state index is -3.88. The normalized spacial score (nSPS) is 16.7. The summed E-state index contributed by atoms with van der Waals surface area (Å²) in [6, 6.07) is 11.1. The van der Waals surface area contributed by atoms with E-state index < -0.39 is 32.6 Å². The van der Waals surface area contributed by atoms with E-state index in [0.717, 1.165) is 4.57 Å². The van der Waals surface area contributed by atoms with Gasteiger partial charge in [-0.25, -0.2) is 22.2 Å². The molecule has 220 valence electrons. The van der Waals surface area contributed by atoms with Crippen molar-refractivity contribution < 1.29 is 12.8 Å². The van der Waals surface area contributed by atoms with Gasteiger partial charge in [-0.05, 0) is 56.3 Å². The monoisotopic (exact) mass is 658 g/mol. The first kappa shape index (κ1) is 28.5. The number of hydrogen-bond acceptors (Lipinski definition) is 7. The second kappa shape index (κ2) is 10.6. The van der Waals surface area contributed by atoms with Crippen molar-refractivity contribution in [3.05, 3.63) is 90.0 Å². The largest absolute Gasteiger partial charge is 0.352 e. The van der Waals surface area contributed by atoms with Crippen LogP contribution in [0.4, 0.5) is 15.8 Å². The topological polar surface area (TPSA) is 119 Å². The molecule has 6 rings (SSSR count). The van der Waals surface area contributed by atoms with Crippen LogP contribution in [0.25, 0.3) is 16.7 Å². The molecule has 1 N–H and O–H groups in total. The number of rotatable bonds is 6. The second-order valence-corrected chi connectivity index (χ2v) is 13.5. The molecule has 1 saturated carbocycles. The van der Waals surface area contributed by atoms with Crippen molar-refractivity contribution in [1.29, 1.82) is 0 Å². The van der Waals surface area contributed by atoms with Gasteiger partial charge in [-0.3, -0.25) is 18.7 Å². The van der Waals surface area contributed by atoms with E-state index in [1.807, 2.05) is 11.9 Å². The molecular weight excluding hydrogens is 631 g/mol. The molecule has 14 heteroatoms. The van der Waals surface area contributed by atoms with Crippen LogP contribution in [0.15, 0.2) is 72.3 Å². The number of aromatic nitrogens is 3. The Bertz CT molecular complexity index is 2030. The first-order valence-corrected chi connectivity index (χ1v) is 15.6. The summed E-state index contributed by atoms with van der Waals surface area (Å²) in [7, 11) is -0.531. The third kappa shape index (κ3) is 4.91. The molecule has 1 aliphatic heterocycles. The lowest BCUT2D eigenvalue weighted by molar-refractivity contribution is 0.222. The molecule has 0 unspecified atom stereocenters. The molecule has 3 heterocycles. The van der Waals surface area contributed by atoms with Gasteiger partial charge in [0.15, 0.2) is 0 Å². The van der Waals surface area contributed by atoms with Crippen molar-refractivity contribution >= 4 is 48.4 Å². The number of likely N-dealkylation sites (N-methyl/N-ethyl adjacent to an activating group) is 1. The van der Waals surface area contributed by atoms with Gasteiger partial charge >= 0.3 is 5.69 Å². The molecule has 0 bridgehead atoms. The van der Waals surface area contributed by atoms with Crippen molar-refractivity contribution in [3.8, 4) is 5.69 Å². The summed E-state index contributed by atoms with van der Waals surface area (Å²) in [6.45, 7) is 1.84. The van der Waals surface area contributed by atoms with Gasteiger partial charge in [0, 0.05) is 49.8 Å². The highest BCUT2D eigenvalue weighted by molar-refractivity contribution is 9.10. The standard InChI is InChI=1S/C28H28BrFN6O5S/c1-32-10-12-34(13-11-32)42(40,41)20-5-3-4-19(15-20)35-26-25(27(38)36(28(35)39)18-7-8-18)23(16-24(37)33(26)2)31-22-9-6-17(29)14-21(22)30/h3-6,9,14-16,18,31H,7-8,10-13H2,1-2H3. The SMILES string of the molecule is CN1CCN(S(=O)(=O)c2cccc(-n3c(=O)n(C4CC4)c(=O)c4c(Nc5ccc(Br)cc5F)cc(=O)n(C)c43)c2)CC1. The van der Waals surface area contributed by atoms with Crippen molar-refractivity contribution in [2.75, 3.05) is 38.5 Å². The average molecular weight is 660 g/mol. The molecule has 2 fully saturated rings. The van der Waals surface area contributed by atoms with Crippen molar-refractivity contribution in [2.24, 2.45) is 7.05 Å². The van der Waals surface area contributed by atoms with Crippen molar-refractivity contribution in [2.45, 2.75) is 23.8 Å². The van der Waals surface area contributed by atoms with E-state index in [2.05, 4.69) is 21.2 Å². The summed E-state index contributed by atoms with van der Waals surface area (Å²) >= 11 is 3.22. The van der Waals surface area contributed by atoms with Gasteiger partial charge in [0.05, 0.1) is 22.0 Å². The quantitative estimate of drug-likeness (QED) is 0.338. The zero-order chi connectivity index (χ0) is 29.9. The van der Waals surface area contributed by atoms with Crippen LogP contribution in [0.1, 0.15) is 18.9 Å². The van der Waals surface area contributed by atoms with E-state index in [-0.39, 0.29) is 39.0 Å². The van der Waals surface area contributed by atoms with Gasteiger partial charge in [0.25, 0.3) is 11.1 Å². The summed E-state index contributed by atoms with van der Waals surface area (Å²) < 4.78 is 47.3. The fraction of sp³-hybridized carbons (Fsp3) is 0.321. The smallest absolute Gasteiger partial charge is 0.337 e. The number of nitrogens with zero attached hydrogens (tertiary/aromatic N) is 5. The fourth-order valence-corrected chi connectivity index (χ4v) is 7.04. The van der Waals surface area contributed by atoms with Gasteiger partial charge in [-0.2, -0.15) is 4.31 Å². The summed E-state index contributed by atoms with van der Waals surface area (Å²) in [5.74, 6) is -0.615. The van der Waals surface area contributed by atoms with Crippen molar-refractivity contribution in [1.82, 2.24) is 22.9 Å². The zero-order valence-electron chi connectivity index (χ0n) is 22.9. The molecule has 0 spiro atoms. The van der Waals surface area contributed by atoms with Crippen LogP contribution in [0.2, 0.25) is 0 Å². The van der Waals surface area contributed by atoms with Gasteiger partial charge in [0.2, 0.25) is 10.0 Å². The molecular formula is C28H28BrFN6O5S. The summed E-state index contributed by atoms with van der Waals surface area (Å²) in [5.41, 5.74) is -1.66. The van der Waals surface area contributed by atoms with E-state index in [1.165, 1.54) is 56.9 Å². The Kier molecular flexibility index (Phi) is 7.20. The Balaban J connectivity index is 1.60. The first-order chi connectivity index (χ1) is 20.0. The number of fused-ring (bicyclic) bond motifs is 1. The number of pyridine rings is 1. The molecule has 0 radical (unpaired) electrons. The lowest BCUT2D eigenvalue weighted by Gasteiger charge is -2.31. The van der Waals surface area contributed by atoms with E-state index in [0.29, 0.717) is 43.5 Å². The average Bonchev–Trinajstić information content (AvgIpc) is 3.78. The third-order valence-electron chi connectivity index (χ3n) is 7.74. The summed E-state index contributed by atoms with van der Waals surface area (Å²) in [4.78, 5) is 43.0. The van der Waals surface area contributed by atoms with E-state index in [9.17, 15) is 27.2 Å². The Morgan fingerprint density at radius 3 is 2.31 bits per heavy atom. The molecule has 0 amide bonds. The maximum absolute atomic E-state index is 14.8. The van der Waals surface area contributed by atoms with Crippen LogP contribution < -0.4 is 22.1 Å². The maximum Gasteiger partial charge on any atom is 0.337 e. The highest BCUT2D eigenvalue weighted by atomic mass is 79.9. The maximum atomic E-state index is 14.8. The Morgan fingerprint density at radius 1 is 0.929 bits per heavy atom. The van der Waals surface area contributed by atoms with Crippen LogP contribution in [-0.4, -0.2) is 64.6 Å². The molecule has 42 heavy (non-hydrogen) atoms. The van der Waals surface area contributed by atoms with Crippen LogP contribution >= 0.6 is 15.9 Å². The predicted molar refractivity (Wildman–Crippen MR) is 161 cm³/mol. The number of anilines is 2. The lowest BCUT2D eigenvalue weighted by Crippen LogP contribution is -2.47. The fourth-order valence-electron chi connectivity index (χ4n) is 5.25. The molecule has 2 aliphatic rings. The summed E-state index contributed by atoms with van der Waals surface area (Å²) in [6.07, 6.45) is 1.24. The van der Waals surface area contributed by atoms with Crippen LogP contribution in [0.3, 0.4) is 0 Å². The minimum absolute atomic E-state index is 0.00162. The third-order valence-corrected chi connectivity index (χ3v) is 10.1. The highest BCUT2D eigenvalue weighted by Crippen LogP contribution is 2.34. The Morgan fingerprint density at radius 2 is 1.64 bits per heavy atom. The molecule has 0 atom stereocenters. The zero-order valence-corrected chi connectivity index (χ0v) is 25.3. The first-order valence-electron chi connectivity index (χ1n) is 13.4. The predicted octanol–water partition coefficient (Wildman–Crippen LogP) is 2.77. The molecule has 2 aromatic carbocycles. The van der Waals surface area contributed by atoms with Crippen LogP contribution in [-0.2, 0) is 17.1 Å². The number of benzene rings is 2. The van der Waals surface area contributed by atoms with E-state index in [1.54, 1.807) is 12.1 Å². The van der Waals surface area contributed by atoms with E-state index in [4.69, 9.17) is 0 Å². The van der Waals surface area contributed by atoms with Crippen molar-refractivity contribution in [3.63, 3.8) is 0 Å². The Hall–Kier alpha value is -3.59.